The summed E-state index contributed by atoms with van der Waals surface area (Å²) < 4.78 is 19.4. The van der Waals surface area contributed by atoms with Crippen molar-refractivity contribution in [3.63, 3.8) is 0 Å². The van der Waals surface area contributed by atoms with Gasteiger partial charge in [0.05, 0.1) is 18.3 Å². The number of carbonyl (C=O) groups is 1. The highest BCUT2D eigenvalue weighted by molar-refractivity contribution is 5.94. The van der Waals surface area contributed by atoms with Gasteiger partial charge in [0.2, 0.25) is 0 Å². The van der Waals surface area contributed by atoms with Crippen molar-refractivity contribution in [1.82, 2.24) is 10.2 Å². The predicted molar refractivity (Wildman–Crippen MR) is 77.8 cm³/mol. The van der Waals surface area contributed by atoms with Crippen LogP contribution in [-0.4, -0.2) is 49.2 Å². The van der Waals surface area contributed by atoms with E-state index in [4.69, 9.17) is 4.74 Å². The first kappa shape index (κ1) is 14.5. The van der Waals surface area contributed by atoms with E-state index < -0.39 is 5.82 Å². The number of nitrogens with one attached hydrogen (secondary N) is 1. The standard InChI is InChI=1S/C16H21FN2O2/c1-11-4-5-15(17)14(7-11)16(20)18-8-13-9-19-6-2-3-12(19)10-21-13/h4-5,7,12-13H,2-3,6,8-10H2,1H3,(H,18,20). The second kappa shape index (κ2) is 6.12. The van der Waals surface area contributed by atoms with Crippen LogP contribution in [0.15, 0.2) is 18.2 Å². The Bertz CT molecular complexity index is 535. The van der Waals surface area contributed by atoms with Crippen molar-refractivity contribution >= 4 is 5.91 Å². The van der Waals surface area contributed by atoms with Crippen LogP contribution in [0.4, 0.5) is 4.39 Å². The molecule has 2 unspecified atom stereocenters. The Labute approximate surface area is 124 Å². The number of hydrogen-bond acceptors (Lipinski definition) is 3. The molecule has 1 amide bonds. The summed E-state index contributed by atoms with van der Waals surface area (Å²) in [6.07, 6.45) is 2.42. The van der Waals surface area contributed by atoms with E-state index in [0.29, 0.717) is 12.6 Å². The minimum Gasteiger partial charge on any atom is -0.373 e. The predicted octanol–water partition coefficient (Wildman–Crippen LogP) is 1.73. The molecule has 0 saturated carbocycles. The number of carbonyl (C=O) groups excluding carboxylic acids is 1. The zero-order chi connectivity index (χ0) is 14.8. The van der Waals surface area contributed by atoms with Crippen molar-refractivity contribution in [3.05, 3.63) is 35.1 Å². The van der Waals surface area contributed by atoms with E-state index in [-0.39, 0.29) is 17.6 Å². The zero-order valence-corrected chi connectivity index (χ0v) is 12.3. The molecule has 0 spiro atoms. The van der Waals surface area contributed by atoms with Crippen LogP contribution < -0.4 is 5.32 Å². The number of fused-ring (bicyclic) bond motifs is 1. The van der Waals surface area contributed by atoms with E-state index in [1.54, 1.807) is 12.1 Å². The van der Waals surface area contributed by atoms with Crippen LogP contribution in [0.25, 0.3) is 0 Å². The maximum absolute atomic E-state index is 13.7. The van der Waals surface area contributed by atoms with Crippen molar-refractivity contribution in [2.75, 3.05) is 26.2 Å². The Balaban J connectivity index is 1.55. The minimum atomic E-state index is -0.484. The number of hydrogen-bond donors (Lipinski definition) is 1. The number of aryl methyl sites for hydroxylation is 1. The number of benzene rings is 1. The van der Waals surface area contributed by atoms with E-state index in [1.165, 1.54) is 18.9 Å². The van der Waals surface area contributed by atoms with E-state index >= 15 is 0 Å². The van der Waals surface area contributed by atoms with Gasteiger partial charge in [-0.3, -0.25) is 9.69 Å². The van der Waals surface area contributed by atoms with Gasteiger partial charge in [0, 0.05) is 19.1 Å². The minimum absolute atomic E-state index is 0.00355. The van der Waals surface area contributed by atoms with Gasteiger partial charge in [0.15, 0.2) is 0 Å². The Morgan fingerprint density at radius 1 is 1.52 bits per heavy atom. The first-order valence-corrected chi connectivity index (χ1v) is 7.53. The number of nitrogens with zero attached hydrogens (tertiary/aromatic N) is 1. The lowest BCUT2D eigenvalue weighted by atomic mass is 10.1. The van der Waals surface area contributed by atoms with Crippen molar-refractivity contribution in [2.24, 2.45) is 0 Å². The molecule has 0 aromatic heterocycles. The molecule has 2 heterocycles. The van der Waals surface area contributed by atoms with Gasteiger partial charge in [0.1, 0.15) is 5.82 Å². The van der Waals surface area contributed by atoms with Crippen LogP contribution in [0.2, 0.25) is 0 Å². The summed E-state index contributed by atoms with van der Waals surface area (Å²) in [6.45, 7) is 4.97. The normalized spacial score (nSPS) is 25.6. The van der Waals surface area contributed by atoms with E-state index in [1.807, 2.05) is 6.92 Å². The van der Waals surface area contributed by atoms with Crippen molar-refractivity contribution in [1.29, 1.82) is 0 Å². The average Bonchev–Trinajstić information content (AvgIpc) is 2.94. The highest BCUT2D eigenvalue weighted by atomic mass is 19.1. The second-order valence-corrected chi connectivity index (χ2v) is 5.94. The average molecular weight is 292 g/mol. The summed E-state index contributed by atoms with van der Waals surface area (Å²) >= 11 is 0. The Morgan fingerprint density at radius 3 is 3.24 bits per heavy atom. The molecule has 2 fully saturated rings. The summed E-state index contributed by atoms with van der Waals surface area (Å²) in [5.41, 5.74) is 0.972. The number of morpholine rings is 1. The zero-order valence-electron chi connectivity index (χ0n) is 12.3. The van der Waals surface area contributed by atoms with Crippen molar-refractivity contribution in [3.8, 4) is 0 Å². The fourth-order valence-corrected chi connectivity index (χ4v) is 3.12. The highest BCUT2D eigenvalue weighted by Gasteiger charge is 2.32. The summed E-state index contributed by atoms with van der Waals surface area (Å²) in [5, 5.41) is 2.79. The molecule has 2 atom stereocenters. The van der Waals surface area contributed by atoms with Crippen LogP contribution in [-0.2, 0) is 4.74 Å². The third kappa shape index (κ3) is 3.24. The van der Waals surface area contributed by atoms with Gasteiger partial charge in [0.25, 0.3) is 5.91 Å². The summed E-state index contributed by atoms with van der Waals surface area (Å²) in [7, 11) is 0. The number of ether oxygens (including phenoxy) is 1. The van der Waals surface area contributed by atoms with Gasteiger partial charge in [-0.1, -0.05) is 11.6 Å². The second-order valence-electron chi connectivity index (χ2n) is 5.94. The molecule has 114 valence electrons. The first-order valence-electron chi connectivity index (χ1n) is 7.53. The topological polar surface area (TPSA) is 41.6 Å². The van der Waals surface area contributed by atoms with Gasteiger partial charge in [-0.2, -0.15) is 0 Å². The number of rotatable bonds is 3. The Kier molecular flexibility index (Phi) is 4.22. The molecule has 2 aliphatic heterocycles. The molecule has 0 bridgehead atoms. The molecule has 2 aliphatic rings. The van der Waals surface area contributed by atoms with Gasteiger partial charge < -0.3 is 10.1 Å². The molecule has 4 nitrogen and oxygen atoms in total. The van der Waals surface area contributed by atoms with Crippen LogP contribution >= 0.6 is 0 Å². The Hall–Kier alpha value is -1.46. The van der Waals surface area contributed by atoms with Crippen LogP contribution in [0.3, 0.4) is 0 Å². The molecular weight excluding hydrogens is 271 g/mol. The fraction of sp³-hybridized carbons (Fsp3) is 0.562. The smallest absolute Gasteiger partial charge is 0.254 e. The monoisotopic (exact) mass is 292 g/mol. The molecule has 0 aliphatic carbocycles. The quantitative estimate of drug-likeness (QED) is 0.922. The Morgan fingerprint density at radius 2 is 2.38 bits per heavy atom. The molecule has 2 saturated heterocycles. The lowest BCUT2D eigenvalue weighted by molar-refractivity contribution is -0.0462. The van der Waals surface area contributed by atoms with Crippen LogP contribution in [0.5, 0.6) is 0 Å². The molecule has 1 N–H and O–H groups in total. The molecular formula is C16H21FN2O2. The lowest BCUT2D eigenvalue weighted by Crippen LogP contribution is -2.50. The van der Waals surface area contributed by atoms with Gasteiger partial charge >= 0.3 is 0 Å². The molecule has 1 aromatic rings. The van der Waals surface area contributed by atoms with E-state index in [0.717, 1.165) is 25.3 Å². The lowest BCUT2D eigenvalue weighted by Gasteiger charge is -2.35. The molecule has 21 heavy (non-hydrogen) atoms. The maximum Gasteiger partial charge on any atom is 0.254 e. The van der Waals surface area contributed by atoms with Crippen molar-refractivity contribution < 1.29 is 13.9 Å². The third-order valence-corrected chi connectivity index (χ3v) is 4.32. The van der Waals surface area contributed by atoms with E-state index in [9.17, 15) is 9.18 Å². The van der Waals surface area contributed by atoms with Crippen LogP contribution in [0.1, 0.15) is 28.8 Å². The molecule has 1 aromatic carbocycles. The van der Waals surface area contributed by atoms with E-state index in [2.05, 4.69) is 10.2 Å². The SMILES string of the molecule is Cc1ccc(F)c(C(=O)NCC2CN3CCCC3CO2)c1. The van der Waals surface area contributed by atoms with Gasteiger partial charge in [-0.25, -0.2) is 4.39 Å². The molecule has 0 radical (unpaired) electrons. The maximum atomic E-state index is 13.7. The van der Waals surface area contributed by atoms with Gasteiger partial charge in [-0.15, -0.1) is 0 Å². The van der Waals surface area contributed by atoms with Crippen molar-refractivity contribution in [2.45, 2.75) is 31.9 Å². The fourth-order valence-electron chi connectivity index (χ4n) is 3.12. The first-order chi connectivity index (χ1) is 10.1. The third-order valence-electron chi connectivity index (χ3n) is 4.32. The van der Waals surface area contributed by atoms with Gasteiger partial charge in [-0.05, 0) is 38.4 Å². The summed E-state index contributed by atoms with van der Waals surface area (Å²) in [6, 6.07) is 5.11. The summed E-state index contributed by atoms with van der Waals surface area (Å²) in [5.74, 6) is -0.856. The molecule has 5 heteroatoms. The molecule has 3 rings (SSSR count). The highest BCUT2D eigenvalue weighted by Crippen LogP contribution is 2.22. The number of amides is 1. The largest absolute Gasteiger partial charge is 0.373 e. The number of halogens is 1. The summed E-state index contributed by atoms with van der Waals surface area (Å²) in [4.78, 5) is 14.5. The van der Waals surface area contributed by atoms with Crippen LogP contribution in [0, 0.1) is 12.7 Å².